The van der Waals surface area contributed by atoms with Crippen LogP contribution in [0.1, 0.15) is 0 Å². The lowest BCUT2D eigenvalue weighted by atomic mass is 10.3. The molecule has 0 saturated heterocycles. The molecule has 0 spiro atoms. The van der Waals surface area contributed by atoms with Gasteiger partial charge >= 0.3 is 6.16 Å². The maximum atomic E-state index is 13.0. The Morgan fingerprint density at radius 1 is 1.18 bits per heavy atom. The van der Waals surface area contributed by atoms with E-state index in [9.17, 15) is 18.0 Å². The van der Waals surface area contributed by atoms with E-state index in [0.29, 0.717) is 12.1 Å². The number of oxime groups is 1. The Hall–Kier alpha value is -2.45. The Morgan fingerprint density at radius 3 is 2.41 bits per heavy atom. The molecular weight excluding hydrogens is 243 g/mol. The minimum absolute atomic E-state index is 0.571. The molecule has 9 heteroatoms. The van der Waals surface area contributed by atoms with Crippen molar-refractivity contribution in [3.8, 4) is 5.75 Å². The second-order valence-corrected chi connectivity index (χ2v) is 2.63. The zero-order valence-electron chi connectivity index (χ0n) is 8.12. The maximum Gasteiger partial charge on any atom is 0.541 e. The normalized spacial score (nSPS) is 9.59. The number of benzene rings is 1. The molecule has 0 amide bonds. The molecule has 0 radical (unpaired) electrons. The van der Waals surface area contributed by atoms with E-state index in [1.165, 1.54) is 0 Å². The van der Waals surface area contributed by atoms with E-state index in [0.717, 1.165) is 0 Å². The molecule has 0 saturated carbocycles. The van der Waals surface area contributed by atoms with Crippen LogP contribution in [0.25, 0.3) is 0 Å². The van der Waals surface area contributed by atoms with E-state index < -0.39 is 35.3 Å². The molecule has 0 aromatic heterocycles. The molecule has 0 heterocycles. The predicted octanol–water partition coefficient (Wildman–Crippen LogP) is 0.808. The Labute approximate surface area is 92.6 Å². The first-order chi connectivity index (χ1) is 7.91. The standard InChI is InChI=1S/C8H6F3N3O3/c9-3-1-2-4(6(11)5(3)10)16-8(15)17-14-7(12)13/h1-2H,(H4,12,13,14). The number of carbonyl (C=O) groups excluding carboxylic acids is 1. The number of nitrogens with zero attached hydrogens (tertiary/aromatic N) is 1. The first-order valence-electron chi connectivity index (χ1n) is 4.03. The van der Waals surface area contributed by atoms with Gasteiger partial charge in [0.25, 0.3) is 0 Å². The van der Waals surface area contributed by atoms with Crippen LogP contribution in [0.5, 0.6) is 5.75 Å². The smallest absolute Gasteiger partial charge is 0.390 e. The minimum atomic E-state index is -1.78. The summed E-state index contributed by atoms with van der Waals surface area (Å²) in [5.41, 5.74) is 9.64. The number of rotatable bonds is 2. The number of halogens is 3. The highest BCUT2D eigenvalue weighted by atomic mass is 19.2. The van der Waals surface area contributed by atoms with Crippen LogP contribution < -0.4 is 16.2 Å². The lowest BCUT2D eigenvalue weighted by Crippen LogP contribution is -2.24. The van der Waals surface area contributed by atoms with Gasteiger partial charge in [-0.2, -0.15) is 4.39 Å². The van der Waals surface area contributed by atoms with E-state index >= 15 is 0 Å². The molecule has 1 aromatic carbocycles. The van der Waals surface area contributed by atoms with Gasteiger partial charge in [-0.1, -0.05) is 0 Å². The predicted molar refractivity (Wildman–Crippen MR) is 49.2 cm³/mol. The van der Waals surface area contributed by atoms with Crippen molar-refractivity contribution in [1.29, 1.82) is 0 Å². The molecule has 0 aliphatic rings. The fourth-order valence-corrected chi connectivity index (χ4v) is 0.785. The van der Waals surface area contributed by atoms with Crippen molar-refractivity contribution >= 4 is 12.1 Å². The third-order valence-corrected chi connectivity index (χ3v) is 1.42. The van der Waals surface area contributed by atoms with Crippen LogP contribution in [-0.4, -0.2) is 12.1 Å². The van der Waals surface area contributed by atoms with Crippen molar-refractivity contribution in [1.82, 2.24) is 0 Å². The third kappa shape index (κ3) is 3.26. The van der Waals surface area contributed by atoms with Crippen molar-refractivity contribution in [3.63, 3.8) is 0 Å². The van der Waals surface area contributed by atoms with Crippen LogP contribution in [0.3, 0.4) is 0 Å². The van der Waals surface area contributed by atoms with Gasteiger partial charge in [0.15, 0.2) is 17.4 Å². The summed E-state index contributed by atoms with van der Waals surface area (Å²) in [6.07, 6.45) is -1.51. The van der Waals surface area contributed by atoms with Crippen LogP contribution in [0.15, 0.2) is 17.3 Å². The third-order valence-electron chi connectivity index (χ3n) is 1.42. The molecule has 0 aliphatic carbocycles. The second kappa shape index (κ2) is 5.05. The molecule has 0 aliphatic heterocycles. The van der Waals surface area contributed by atoms with Crippen LogP contribution in [0.4, 0.5) is 18.0 Å². The number of nitrogens with two attached hydrogens (primary N) is 2. The van der Waals surface area contributed by atoms with Gasteiger partial charge in [-0.3, -0.25) is 4.84 Å². The van der Waals surface area contributed by atoms with Crippen molar-refractivity contribution < 1.29 is 27.5 Å². The van der Waals surface area contributed by atoms with Crippen molar-refractivity contribution in [3.05, 3.63) is 29.6 Å². The largest absolute Gasteiger partial charge is 0.541 e. The number of hydrogen-bond donors (Lipinski definition) is 2. The molecule has 0 atom stereocenters. The van der Waals surface area contributed by atoms with Gasteiger partial charge in [0.2, 0.25) is 11.8 Å². The lowest BCUT2D eigenvalue weighted by molar-refractivity contribution is 0.100. The van der Waals surface area contributed by atoms with E-state index in [-0.39, 0.29) is 0 Å². The SMILES string of the molecule is NC(N)=NOC(=O)Oc1ccc(F)c(F)c1F. The highest BCUT2D eigenvalue weighted by Crippen LogP contribution is 2.22. The monoisotopic (exact) mass is 249 g/mol. The molecule has 17 heavy (non-hydrogen) atoms. The zero-order valence-corrected chi connectivity index (χ0v) is 8.12. The molecule has 1 aromatic rings. The summed E-state index contributed by atoms with van der Waals surface area (Å²) in [6, 6.07) is 1.27. The van der Waals surface area contributed by atoms with E-state index in [1.807, 2.05) is 0 Å². The molecular formula is C8H6F3N3O3. The Morgan fingerprint density at radius 2 is 1.82 bits per heavy atom. The number of carbonyl (C=O) groups is 1. The van der Waals surface area contributed by atoms with Gasteiger partial charge in [-0.05, 0) is 17.3 Å². The molecule has 1 rings (SSSR count). The number of ether oxygens (including phenoxy) is 1. The fourth-order valence-electron chi connectivity index (χ4n) is 0.785. The summed E-state index contributed by atoms with van der Waals surface area (Å²) in [7, 11) is 0. The average Bonchev–Trinajstić information content (AvgIpc) is 2.27. The van der Waals surface area contributed by atoms with Crippen LogP contribution in [-0.2, 0) is 4.84 Å². The van der Waals surface area contributed by atoms with E-state index in [2.05, 4.69) is 14.7 Å². The van der Waals surface area contributed by atoms with Gasteiger partial charge in [-0.25, -0.2) is 13.6 Å². The molecule has 4 N–H and O–H groups in total. The highest BCUT2D eigenvalue weighted by Gasteiger charge is 2.17. The number of guanidine groups is 1. The fraction of sp³-hybridized carbons (Fsp3) is 0. The van der Waals surface area contributed by atoms with Crippen LogP contribution in [0.2, 0.25) is 0 Å². The Kier molecular flexibility index (Phi) is 3.75. The molecule has 92 valence electrons. The van der Waals surface area contributed by atoms with Crippen molar-refractivity contribution in [2.24, 2.45) is 16.6 Å². The molecule has 0 bridgehead atoms. The summed E-state index contributed by atoms with van der Waals surface area (Å²) in [5.74, 6) is -6.32. The van der Waals surface area contributed by atoms with Gasteiger partial charge in [0, 0.05) is 0 Å². The summed E-state index contributed by atoms with van der Waals surface area (Å²) < 4.78 is 42.4. The van der Waals surface area contributed by atoms with Crippen LogP contribution in [0, 0.1) is 17.5 Å². The number of hydrogen-bond acceptors (Lipinski definition) is 4. The van der Waals surface area contributed by atoms with E-state index in [4.69, 9.17) is 11.5 Å². The minimum Gasteiger partial charge on any atom is -0.390 e. The van der Waals surface area contributed by atoms with Crippen molar-refractivity contribution in [2.75, 3.05) is 0 Å². The van der Waals surface area contributed by atoms with Gasteiger partial charge in [0.1, 0.15) is 0 Å². The van der Waals surface area contributed by atoms with E-state index in [1.54, 1.807) is 0 Å². The summed E-state index contributed by atoms with van der Waals surface area (Å²) in [5, 5.41) is 2.80. The maximum absolute atomic E-state index is 13.0. The zero-order chi connectivity index (χ0) is 13.0. The van der Waals surface area contributed by atoms with Gasteiger partial charge in [-0.15, -0.1) is 0 Å². The lowest BCUT2D eigenvalue weighted by Gasteiger charge is -2.03. The summed E-state index contributed by atoms with van der Waals surface area (Å²) in [4.78, 5) is 14.7. The van der Waals surface area contributed by atoms with Gasteiger partial charge < -0.3 is 16.2 Å². The quantitative estimate of drug-likeness (QED) is 0.154. The Balaban J connectivity index is 2.79. The second-order valence-electron chi connectivity index (χ2n) is 2.63. The Bertz CT molecular complexity index is 475. The van der Waals surface area contributed by atoms with Gasteiger partial charge in [0.05, 0.1) is 0 Å². The van der Waals surface area contributed by atoms with Crippen LogP contribution >= 0.6 is 0 Å². The molecule has 0 fully saturated rings. The summed E-state index contributed by atoms with van der Waals surface area (Å²) in [6.45, 7) is 0. The topological polar surface area (TPSA) is 99.9 Å². The summed E-state index contributed by atoms with van der Waals surface area (Å²) >= 11 is 0. The first-order valence-corrected chi connectivity index (χ1v) is 4.03. The highest BCUT2D eigenvalue weighted by molar-refractivity contribution is 5.76. The first kappa shape index (κ1) is 12.6. The van der Waals surface area contributed by atoms with Crippen molar-refractivity contribution in [2.45, 2.75) is 0 Å². The molecule has 0 unspecified atom stereocenters. The molecule has 6 nitrogen and oxygen atoms in total. The average molecular weight is 249 g/mol.